The zero-order valence-corrected chi connectivity index (χ0v) is 21.1. The first kappa shape index (κ1) is 26.9. The Morgan fingerprint density at radius 1 is 1.06 bits per heavy atom. The molecule has 0 spiro atoms. The Balaban J connectivity index is 2.32. The van der Waals surface area contributed by atoms with Crippen molar-refractivity contribution < 1.29 is 14.7 Å². The summed E-state index contributed by atoms with van der Waals surface area (Å²) < 4.78 is 0. The van der Waals surface area contributed by atoms with Crippen molar-refractivity contribution in [3.63, 3.8) is 0 Å². The third kappa shape index (κ3) is 8.90. The van der Waals surface area contributed by atoms with E-state index in [1.54, 1.807) is 37.3 Å². The summed E-state index contributed by atoms with van der Waals surface area (Å²) in [6.45, 7) is 11.9. The zero-order chi connectivity index (χ0) is 25.3. The molecule has 2 aromatic rings. The number of halogens is 1. The van der Waals surface area contributed by atoms with Crippen LogP contribution in [0.3, 0.4) is 0 Å². The molecule has 0 atom stereocenters. The molecule has 7 nitrogen and oxygen atoms in total. The van der Waals surface area contributed by atoms with Crippen molar-refractivity contribution in [1.82, 2.24) is 5.43 Å². The van der Waals surface area contributed by atoms with E-state index in [0.29, 0.717) is 33.7 Å². The number of anilines is 2. The molecule has 2 rings (SSSR count). The van der Waals surface area contributed by atoms with Crippen molar-refractivity contribution in [2.45, 2.75) is 34.6 Å². The highest BCUT2D eigenvalue weighted by atomic mass is 35.5. The van der Waals surface area contributed by atoms with Crippen LogP contribution < -0.4 is 15.6 Å². The monoisotopic (exact) mass is 484 g/mol. The van der Waals surface area contributed by atoms with Crippen LogP contribution in [-0.2, 0) is 4.79 Å². The number of hydrazone groups is 1. The van der Waals surface area contributed by atoms with E-state index in [1.165, 1.54) is 6.21 Å². The number of carbonyl (C=O) groups excluding carboxylic acids is 1. The van der Waals surface area contributed by atoms with Crippen molar-refractivity contribution in [3.8, 4) is 0 Å². The van der Waals surface area contributed by atoms with Crippen molar-refractivity contribution in [2.75, 3.05) is 23.3 Å². The summed E-state index contributed by atoms with van der Waals surface area (Å²) in [5, 5.41) is 16.6. The second-order valence-electron chi connectivity index (χ2n) is 8.97. The molecule has 0 saturated carbocycles. The second-order valence-corrected chi connectivity index (χ2v) is 9.40. The summed E-state index contributed by atoms with van der Waals surface area (Å²) in [5.74, 6) is -0.193. The predicted octanol–water partition coefficient (Wildman–Crippen LogP) is 6.10. The van der Waals surface area contributed by atoms with E-state index in [4.69, 9.17) is 16.7 Å². The van der Waals surface area contributed by atoms with Crippen LogP contribution in [0.4, 0.5) is 16.2 Å². The number of hydrogen-bond donors (Lipinski definition) is 3. The van der Waals surface area contributed by atoms with Crippen LogP contribution in [0.1, 0.15) is 45.7 Å². The van der Waals surface area contributed by atoms with Gasteiger partial charge in [-0.3, -0.25) is 0 Å². The van der Waals surface area contributed by atoms with Gasteiger partial charge in [0.25, 0.3) is 0 Å². The number of hydrogen-bond acceptors (Lipinski definition) is 4. The Morgan fingerprint density at radius 3 is 2.24 bits per heavy atom. The number of carboxylic acids is 1. The topological polar surface area (TPSA) is 94.0 Å². The highest BCUT2D eigenvalue weighted by Gasteiger charge is 2.17. The van der Waals surface area contributed by atoms with Gasteiger partial charge in [0.2, 0.25) is 0 Å². The van der Waals surface area contributed by atoms with E-state index in [1.807, 2.05) is 12.1 Å². The molecule has 3 N–H and O–H groups in total. The Bertz CT molecular complexity index is 1040. The van der Waals surface area contributed by atoms with Gasteiger partial charge in [0, 0.05) is 24.2 Å². The van der Waals surface area contributed by atoms with E-state index < -0.39 is 12.0 Å². The van der Waals surface area contributed by atoms with Crippen LogP contribution in [0.2, 0.25) is 5.02 Å². The van der Waals surface area contributed by atoms with Gasteiger partial charge >= 0.3 is 12.0 Å². The van der Waals surface area contributed by atoms with Crippen molar-refractivity contribution in [3.05, 3.63) is 64.7 Å². The summed E-state index contributed by atoms with van der Waals surface area (Å²) in [6, 6.07) is 12.2. The first-order valence-corrected chi connectivity index (χ1v) is 11.6. The lowest BCUT2D eigenvalue weighted by molar-refractivity contribution is -0.131. The van der Waals surface area contributed by atoms with Crippen LogP contribution in [0.25, 0.3) is 5.57 Å². The van der Waals surface area contributed by atoms with Crippen LogP contribution >= 0.6 is 11.6 Å². The SMILES string of the molecule is C/C(=C\C(=O)O)c1ccc(N(CC(C)C)CC(C)C)c(NC(=O)N/N=C/c2ccc(Cl)cc2)c1. The molecule has 0 aliphatic rings. The molecular formula is C26H33ClN4O3. The van der Waals surface area contributed by atoms with Crippen LogP contribution in [-0.4, -0.2) is 36.4 Å². The van der Waals surface area contributed by atoms with Gasteiger partial charge in [-0.25, -0.2) is 15.0 Å². The number of urea groups is 1. The minimum atomic E-state index is -1.02. The van der Waals surface area contributed by atoms with Gasteiger partial charge in [-0.1, -0.05) is 57.5 Å². The molecule has 0 aliphatic carbocycles. The van der Waals surface area contributed by atoms with Gasteiger partial charge in [0.1, 0.15) is 0 Å². The number of nitrogens with one attached hydrogen (secondary N) is 2. The molecule has 0 unspecified atom stereocenters. The Hall–Kier alpha value is -3.32. The minimum absolute atomic E-state index is 0.415. The summed E-state index contributed by atoms with van der Waals surface area (Å²) in [6.07, 6.45) is 2.67. The quantitative estimate of drug-likeness (QED) is 0.215. The number of carboxylic acid groups (broad SMARTS) is 1. The highest BCUT2D eigenvalue weighted by Crippen LogP contribution is 2.31. The molecule has 0 aliphatic heterocycles. The molecule has 0 bridgehead atoms. The molecule has 2 aromatic carbocycles. The third-order valence-corrected chi connectivity index (χ3v) is 5.05. The van der Waals surface area contributed by atoms with E-state index in [2.05, 4.69) is 48.4 Å². The Kier molecular flexibility index (Phi) is 10.1. The fourth-order valence-electron chi connectivity index (χ4n) is 3.44. The van der Waals surface area contributed by atoms with Gasteiger partial charge in [0.15, 0.2) is 0 Å². The molecule has 8 heteroatoms. The molecule has 0 radical (unpaired) electrons. The second kappa shape index (κ2) is 12.8. The van der Waals surface area contributed by atoms with Crippen molar-refractivity contribution >= 4 is 46.8 Å². The lowest BCUT2D eigenvalue weighted by Gasteiger charge is -2.30. The summed E-state index contributed by atoms with van der Waals surface area (Å²) in [5.41, 5.74) is 6.02. The number of rotatable bonds is 10. The van der Waals surface area contributed by atoms with E-state index >= 15 is 0 Å². The van der Waals surface area contributed by atoms with Crippen molar-refractivity contribution in [1.29, 1.82) is 0 Å². The van der Waals surface area contributed by atoms with Gasteiger partial charge in [-0.15, -0.1) is 0 Å². The first-order chi connectivity index (χ1) is 16.0. The van der Waals surface area contributed by atoms with Crippen LogP contribution in [0.5, 0.6) is 0 Å². The smallest absolute Gasteiger partial charge is 0.339 e. The van der Waals surface area contributed by atoms with E-state index in [9.17, 15) is 9.59 Å². The summed E-state index contributed by atoms with van der Waals surface area (Å²) >= 11 is 5.89. The lowest BCUT2D eigenvalue weighted by Crippen LogP contribution is -2.33. The van der Waals surface area contributed by atoms with Gasteiger partial charge in [-0.05, 0) is 59.7 Å². The number of amides is 2. The zero-order valence-electron chi connectivity index (χ0n) is 20.3. The molecule has 0 fully saturated rings. The normalized spacial score (nSPS) is 11.8. The summed E-state index contributed by atoms with van der Waals surface area (Å²) in [7, 11) is 0. The highest BCUT2D eigenvalue weighted by molar-refractivity contribution is 6.30. The Labute approximate surface area is 206 Å². The molecule has 0 heterocycles. The van der Waals surface area contributed by atoms with Crippen LogP contribution in [0, 0.1) is 11.8 Å². The molecule has 0 saturated heterocycles. The molecule has 34 heavy (non-hydrogen) atoms. The fraction of sp³-hybridized carbons (Fsp3) is 0.346. The van der Waals surface area contributed by atoms with Gasteiger partial charge < -0.3 is 15.3 Å². The van der Waals surface area contributed by atoms with E-state index in [-0.39, 0.29) is 0 Å². The minimum Gasteiger partial charge on any atom is -0.478 e. The van der Waals surface area contributed by atoms with Crippen molar-refractivity contribution in [2.24, 2.45) is 16.9 Å². The van der Waals surface area contributed by atoms with E-state index in [0.717, 1.165) is 30.4 Å². The standard InChI is InChI=1S/C26H33ClN4O3/c1-17(2)15-31(16-18(3)4)24-11-8-21(19(5)12-25(32)33)13-23(24)29-26(34)30-28-14-20-6-9-22(27)10-7-20/h6-14,17-18H,15-16H2,1-5H3,(H,32,33)(H2,29,30,34)/b19-12+,28-14+. The maximum atomic E-state index is 12.7. The maximum Gasteiger partial charge on any atom is 0.339 e. The van der Waals surface area contributed by atoms with Gasteiger partial charge in [-0.2, -0.15) is 5.10 Å². The Morgan fingerprint density at radius 2 is 1.68 bits per heavy atom. The predicted molar refractivity (Wildman–Crippen MR) is 141 cm³/mol. The number of benzene rings is 2. The largest absolute Gasteiger partial charge is 0.478 e. The molecule has 2 amide bonds. The lowest BCUT2D eigenvalue weighted by atomic mass is 10.0. The summed E-state index contributed by atoms with van der Waals surface area (Å²) in [4.78, 5) is 26.0. The number of carbonyl (C=O) groups is 2. The number of aliphatic carboxylic acids is 1. The van der Waals surface area contributed by atoms with Crippen LogP contribution in [0.15, 0.2) is 53.6 Å². The number of allylic oxidation sites excluding steroid dienone is 1. The molecular weight excluding hydrogens is 452 g/mol. The first-order valence-electron chi connectivity index (χ1n) is 11.2. The average Bonchev–Trinajstić information content (AvgIpc) is 2.73. The fourth-order valence-corrected chi connectivity index (χ4v) is 3.57. The third-order valence-electron chi connectivity index (χ3n) is 4.80. The van der Waals surface area contributed by atoms with Gasteiger partial charge in [0.05, 0.1) is 17.6 Å². The molecule has 0 aromatic heterocycles. The molecule has 182 valence electrons. The average molecular weight is 485 g/mol. The maximum absolute atomic E-state index is 12.7. The number of nitrogens with zero attached hydrogens (tertiary/aromatic N) is 2.